The number of phenolic OH excluding ortho intramolecular Hbond substituents is 1. The zero-order valence-corrected chi connectivity index (χ0v) is 12.1. The molecular formula is C16H15ClN2O2. The molecule has 0 saturated heterocycles. The second-order valence-corrected chi connectivity index (χ2v) is 5.59. The van der Waals surface area contributed by atoms with Crippen molar-refractivity contribution in [2.45, 2.75) is 25.4 Å². The minimum absolute atomic E-state index is 0.0509. The average molecular weight is 303 g/mol. The summed E-state index contributed by atoms with van der Waals surface area (Å²) < 4.78 is 0. The Kier molecular flexibility index (Phi) is 3.80. The molecule has 4 nitrogen and oxygen atoms in total. The van der Waals surface area contributed by atoms with Crippen molar-refractivity contribution >= 4 is 17.5 Å². The van der Waals surface area contributed by atoms with Crippen molar-refractivity contribution in [2.75, 3.05) is 0 Å². The van der Waals surface area contributed by atoms with Gasteiger partial charge in [-0.15, -0.1) is 0 Å². The largest absolute Gasteiger partial charge is 0.508 e. The molecule has 1 aliphatic carbocycles. The van der Waals surface area contributed by atoms with Crippen LogP contribution in [0.15, 0.2) is 42.6 Å². The average Bonchev–Trinajstić information content (AvgIpc) is 3.29. The number of phenols is 1. The Balaban J connectivity index is 1.81. The highest BCUT2D eigenvalue weighted by molar-refractivity contribution is 6.29. The Morgan fingerprint density at radius 2 is 2.14 bits per heavy atom. The number of nitrogens with zero attached hydrogens (tertiary/aromatic N) is 2. The van der Waals surface area contributed by atoms with E-state index in [1.54, 1.807) is 30.3 Å². The van der Waals surface area contributed by atoms with Gasteiger partial charge in [0.25, 0.3) is 5.91 Å². The topological polar surface area (TPSA) is 53.4 Å². The highest BCUT2D eigenvalue weighted by Gasteiger charge is 2.33. The molecule has 1 N–H and O–H groups in total. The van der Waals surface area contributed by atoms with Crippen LogP contribution in [-0.2, 0) is 6.54 Å². The zero-order valence-electron chi connectivity index (χ0n) is 11.4. The SMILES string of the molecule is O=C(c1ccc(Cl)nc1)N(Cc1cccc(O)c1)C1CC1. The lowest BCUT2D eigenvalue weighted by atomic mass is 10.1. The number of aromatic hydroxyl groups is 1. The summed E-state index contributed by atoms with van der Waals surface area (Å²) in [4.78, 5) is 18.4. The number of amides is 1. The van der Waals surface area contributed by atoms with Crippen LogP contribution in [-0.4, -0.2) is 26.9 Å². The molecule has 108 valence electrons. The molecule has 0 aliphatic heterocycles. The van der Waals surface area contributed by atoms with E-state index in [0.29, 0.717) is 17.3 Å². The van der Waals surface area contributed by atoms with Gasteiger partial charge < -0.3 is 10.0 Å². The third kappa shape index (κ3) is 3.34. The van der Waals surface area contributed by atoms with Crippen LogP contribution in [0.25, 0.3) is 0 Å². The van der Waals surface area contributed by atoms with E-state index in [4.69, 9.17) is 11.6 Å². The van der Waals surface area contributed by atoms with Gasteiger partial charge >= 0.3 is 0 Å². The molecule has 5 heteroatoms. The van der Waals surface area contributed by atoms with Crippen molar-refractivity contribution in [1.82, 2.24) is 9.88 Å². The van der Waals surface area contributed by atoms with E-state index in [-0.39, 0.29) is 17.7 Å². The van der Waals surface area contributed by atoms with Crippen molar-refractivity contribution in [1.29, 1.82) is 0 Å². The lowest BCUT2D eigenvalue weighted by Gasteiger charge is -2.22. The molecule has 1 aromatic heterocycles. The van der Waals surface area contributed by atoms with Crippen LogP contribution in [0.3, 0.4) is 0 Å². The smallest absolute Gasteiger partial charge is 0.255 e. The van der Waals surface area contributed by atoms with Crippen LogP contribution < -0.4 is 0 Å². The van der Waals surface area contributed by atoms with Crippen LogP contribution >= 0.6 is 11.6 Å². The van der Waals surface area contributed by atoms with Gasteiger partial charge in [0.05, 0.1) is 5.56 Å². The first-order valence-electron chi connectivity index (χ1n) is 6.84. The summed E-state index contributed by atoms with van der Waals surface area (Å²) in [7, 11) is 0. The number of rotatable bonds is 4. The number of hydrogen-bond acceptors (Lipinski definition) is 3. The highest BCUT2D eigenvalue weighted by Crippen LogP contribution is 2.30. The van der Waals surface area contributed by atoms with Crippen molar-refractivity contribution in [3.8, 4) is 5.75 Å². The van der Waals surface area contributed by atoms with E-state index in [1.807, 2.05) is 11.0 Å². The van der Waals surface area contributed by atoms with Gasteiger partial charge in [-0.3, -0.25) is 4.79 Å². The first-order chi connectivity index (χ1) is 10.1. The Morgan fingerprint density at radius 1 is 1.33 bits per heavy atom. The molecule has 0 bridgehead atoms. The maximum Gasteiger partial charge on any atom is 0.255 e. The van der Waals surface area contributed by atoms with Gasteiger partial charge in [-0.05, 0) is 42.7 Å². The van der Waals surface area contributed by atoms with Crippen molar-refractivity contribution < 1.29 is 9.90 Å². The first kappa shape index (κ1) is 13.9. The number of benzene rings is 1. The second-order valence-electron chi connectivity index (χ2n) is 5.20. The predicted molar refractivity (Wildman–Crippen MR) is 80.2 cm³/mol. The van der Waals surface area contributed by atoms with Gasteiger partial charge in [0.1, 0.15) is 10.9 Å². The fourth-order valence-corrected chi connectivity index (χ4v) is 2.38. The lowest BCUT2D eigenvalue weighted by molar-refractivity contribution is 0.0729. The van der Waals surface area contributed by atoms with E-state index in [1.165, 1.54) is 6.20 Å². The van der Waals surface area contributed by atoms with Crippen LogP contribution in [0.1, 0.15) is 28.8 Å². The molecule has 1 fully saturated rings. The van der Waals surface area contributed by atoms with Gasteiger partial charge in [0.15, 0.2) is 0 Å². The van der Waals surface area contributed by atoms with Gasteiger partial charge in [0.2, 0.25) is 0 Å². The summed E-state index contributed by atoms with van der Waals surface area (Å²) in [6, 6.07) is 10.6. The van der Waals surface area contributed by atoms with Gasteiger partial charge in [0, 0.05) is 18.8 Å². The van der Waals surface area contributed by atoms with E-state index in [9.17, 15) is 9.90 Å². The van der Waals surface area contributed by atoms with E-state index >= 15 is 0 Å². The minimum atomic E-state index is -0.0509. The highest BCUT2D eigenvalue weighted by atomic mass is 35.5. The summed E-state index contributed by atoms with van der Waals surface area (Å²) in [6.07, 6.45) is 3.54. The van der Waals surface area contributed by atoms with E-state index < -0.39 is 0 Å². The molecule has 21 heavy (non-hydrogen) atoms. The molecule has 0 atom stereocenters. The Labute approximate surface area is 128 Å². The molecule has 2 aromatic rings. The summed E-state index contributed by atoms with van der Waals surface area (Å²) >= 11 is 5.75. The molecule has 0 unspecified atom stereocenters. The normalized spacial score (nSPS) is 14.0. The number of carbonyl (C=O) groups is 1. The van der Waals surface area contributed by atoms with Crippen molar-refractivity contribution in [3.05, 3.63) is 58.9 Å². The minimum Gasteiger partial charge on any atom is -0.508 e. The quantitative estimate of drug-likeness (QED) is 0.882. The molecule has 1 saturated carbocycles. The first-order valence-corrected chi connectivity index (χ1v) is 7.22. The molecule has 1 aromatic carbocycles. The number of pyridine rings is 1. The van der Waals surface area contributed by atoms with Gasteiger partial charge in [-0.25, -0.2) is 4.98 Å². The molecule has 1 aliphatic rings. The number of aromatic nitrogens is 1. The van der Waals surface area contributed by atoms with Gasteiger partial charge in [-0.2, -0.15) is 0 Å². The number of halogens is 1. The van der Waals surface area contributed by atoms with Crippen LogP contribution in [0, 0.1) is 0 Å². The Hall–Kier alpha value is -2.07. The summed E-state index contributed by atoms with van der Waals surface area (Å²) in [5.41, 5.74) is 1.45. The standard InChI is InChI=1S/C16H15ClN2O2/c17-15-7-4-12(9-18-15)16(21)19(13-5-6-13)10-11-2-1-3-14(20)8-11/h1-4,7-9,13,20H,5-6,10H2. The molecule has 1 amide bonds. The monoisotopic (exact) mass is 302 g/mol. The Morgan fingerprint density at radius 3 is 2.76 bits per heavy atom. The lowest BCUT2D eigenvalue weighted by Crippen LogP contribution is -2.32. The molecular weight excluding hydrogens is 288 g/mol. The zero-order chi connectivity index (χ0) is 14.8. The third-order valence-corrected chi connectivity index (χ3v) is 3.71. The fraction of sp³-hybridized carbons (Fsp3) is 0.250. The number of carbonyl (C=O) groups excluding carboxylic acids is 1. The maximum atomic E-state index is 12.6. The third-order valence-electron chi connectivity index (χ3n) is 3.49. The molecule has 3 rings (SSSR count). The van der Waals surface area contributed by atoms with Crippen LogP contribution in [0.5, 0.6) is 5.75 Å². The maximum absolute atomic E-state index is 12.6. The van der Waals surface area contributed by atoms with Crippen molar-refractivity contribution in [2.24, 2.45) is 0 Å². The molecule has 0 spiro atoms. The van der Waals surface area contributed by atoms with Crippen molar-refractivity contribution in [3.63, 3.8) is 0 Å². The van der Waals surface area contributed by atoms with Gasteiger partial charge in [-0.1, -0.05) is 23.7 Å². The van der Waals surface area contributed by atoms with Crippen LogP contribution in [0.4, 0.5) is 0 Å². The Bertz CT molecular complexity index is 654. The fourth-order valence-electron chi connectivity index (χ4n) is 2.27. The predicted octanol–water partition coefficient (Wildman–Crippen LogP) is 3.25. The van der Waals surface area contributed by atoms with Crippen LogP contribution in [0.2, 0.25) is 5.15 Å². The van der Waals surface area contributed by atoms with E-state index in [2.05, 4.69) is 4.98 Å². The molecule has 0 radical (unpaired) electrons. The summed E-state index contributed by atoms with van der Waals surface area (Å²) in [5.74, 6) is 0.161. The molecule has 1 heterocycles. The summed E-state index contributed by atoms with van der Waals surface area (Å²) in [6.45, 7) is 0.487. The number of hydrogen-bond donors (Lipinski definition) is 1. The summed E-state index contributed by atoms with van der Waals surface area (Å²) in [5, 5.41) is 9.91. The second kappa shape index (κ2) is 5.74. The van der Waals surface area contributed by atoms with E-state index in [0.717, 1.165) is 18.4 Å².